The zero-order chi connectivity index (χ0) is 19.4. The van der Waals surface area contributed by atoms with Crippen LogP contribution < -0.4 is 10.0 Å². The van der Waals surface area contributed by atoms with E-state index in [-0.39, 0.29) is 35.4 Å². The van der Waals surface area contributed by atoms with E-state index >= 15 is 0 Å². The Hall–Kier alpha value is -2.71. The van der Waals surface area contributed by atoms with Crippen LogP contribution in [0.15, 0.2) is 53.4 Å². The molecular weight excluding hydrogens is 366 g/mol. The minimum Gasteiger partial charge on any atom is -0.353 e. The van der Waals surface area contributed by atoms with Crippen LogP contribution in [0, 0.1) is 6.92 Å². The van der Waals surface area contributed by atoms with E-state index in [9.17, 15) is 18.0 Å². The number of aryl methyl sites for hydroxylation is 1. The molecule has 0 aromatic heterocycles. The van der Waals surface area contributed by atoms with Gasteiger partial charge in [0.25, 0.3) is 5.91 Å². The Balaban J connectivity index is 1.81. The van der Waals surface area contributed by atoms with E-state index in [1.165, 1.54) is 17.0 Å². The van der Waals surface area contributed by atoms with Crippen molar-refractivity contribution in [3.63, 3.8) is 0 Å². The maximum atomic E-state index is 12.8. The minimum absolute atomic E-state index is 0.0221. The first-order chi connectivity index (χ1) is 12.9. The predicted octanol–water partition coefficient (Wildman–Crippen LogP) is 1.05. The number of carbonyl (C=O) groups is 2. The van der Waals surface area contributed by atoms with E-state index in [4.69, 9.17) is 0 Å². The number of piperazine rings is 1. The summed E-state index contributed by atoms with van der Waals surface area (Å²) in [6, 6.07) is 13.6. The molecule has 1 heterocycles. The molecule has 1 aliphatic heterocycles. The quantitative estimate of drug-likeness (QED) is 0.802. The Morgan fingerprint density at radius 2 is 1.93 bits per heavy atom. The van der Waals surface area contributed by atoms with Crippen LogP contribution in [-0.4, -0.2) is 44.8 Å². The fraction of sp³-hybridized carbons (Fsp3) is 0.263. The predicted molar refractivity (Wildman–Crippen MR) is 101 cm³/mol. The first kappa shape index (κ1) is 19.1. The molecule has 2 aromatic carbocycles. The monoisotopic (exact) mass is 387 g/mol. The van der Waals surface area contributed by atoms with E-state index in [0.29, 0.717) is 18.7 Å². The molecule has 0 spiro atoms. The Bertz CT molecular complexity index is 958. The first-order valence-corrected chi connectivity index (χ1v) is 10.1. The van der Waals surface area contributed by atoms with Gasteiger partial charge in [0.1, 0.15) is 0 Å². The third kappa shape index (κ3) is 4.53. The lowest BCUT2D eigenvalue weighted by molar-refractivity contribution is -0.123. The summed E-state index contributed by atoms with van der Waals surface area (Å²) >= 11 is 0. The van der Waals surface area contributed by atoms with Crippen LogP contribution >= 0.6 is 0 Å². The maximum Gasteiger partial charge on any atom is 0.254 e. The second-order valence-electron chi connectivity index (χ2n) is 6.36. The second kappa shape index (κ2) is 7.89. The largest absolute Gasteiger partial charge is 0.353 e. The van der Waals surface area contributed by atoms with Crippen LogP contribution in [0.2, 0.25) is 0 Å². The van der Waals surface area contributed by atoms with Gasteiger partial charge in [-0.1, -0.05) is 36.4 Å². The van der Waals surface area contributed by atoms with Gasteiger partial charge in [0, 0.05) is 25.2 Å². The molecule has 2 amide bonds. The average Bonchev–Trinajstić information content (AvgIpc) is 2.67. The number of hydrogen-bond donors (Lipinski definition) is 2. The Labute approximate surface area is 158 Å². The minimum atomic E-state index is -3.77. The lowest BCUT2D eigenvalue weighted by atomic mass is 10.1. The van der Waals surface area contributed by atoms with Crippen LogP contribution in [0.4, 0.5) is 0 Å². The summed E-state index contributed by atoms with van der Waals surface area (Å²) < 4.78 is 27.8. The van der Waals surface area contributed by atoms with Crippen molar-refractivity contribution in [3.05, 3.63) is 65.2 Å². The molecule has 7 nitrogen and oxygen atoms in total. The lowest BCUT2D eigenvalue weighted by Gasteiger charge is -2.27. The number of rotatable bonds is 5. The van der Waals surface area contributed by atoms with Gasteiger partial charge in [-0.15, -0.1) is 0 Å². The van der Waals surface area contributed by atoms with Crippen LogP contribution in [0.1, 0.15) is 21.5 Å². The average molecular weight is 387 g/mol. The van der Waals surface area contributed by atoms with Crippen molar-refractivity contribution in [2.45, 2.75) is 18.4 Å². The molecule has 1 fully saturated rings. The molecule has 1 aliphatic rings. The highest BCUT2D eigenvalue weighted by molar-refractivity contribution is 7.89. The van der Waals surface area contributed by atoms with Crippen molar-refractivity contribution in [2.75, 3.05) is 19.6 Å². The summed E-state index contributed by atoms with van der Waals surface area (Å²) in [4.78, 5) is 25.7. The smallest absolute Gasteiger partial charge is 0.254 e. The van der Waals surface area contributed by atoms with Gasteiger partial charge < -0.3 is 10.2 Å². The SMILES string of the molecule is Cc1ccc(S(=O)(=O)NCc2ccccc2)cc1C(=O)N1CCNC(=O)C1. The fourth-order valence-electron chi connectivity index (χ4n) is 2.84. The molecule has 0 atom stereocenters. The number of carbonyl (C=O) groups excluding carboxylic acids is 2. The molecule has 0 radical (unpaired) electrons. The van der Waals surface area contributed by atoms with E-state index in [0.717, 1.165) is 5.56 Å². The van der Waals surface area contributed by atoms with Gasteiger partial charge in [0.15, 0.2) is 0 Å². The normalized spacial score (nSPS) is 14.7. The Morgan fingerprint density at radius 1 is 1.19 bits per heavy atom. The topological polar surface area (TPSA) is 95.6 Å². The first-order valence-electron chi connectivity index (χ1n) is 8.57. The number of sulfonamides is 1. The van der Waals surface area contributed by atoms with Gasteiger partial charge in [-0.2, -0.15) is 0 Å². The molecule has 27 heavy (non-hydrogen) atoms. The third-order valence-electron chi connectivity index (χ3n) is 4.38. The molecule has 0 aliphatic carbocycles. The molecule has 1 saturated heterocycles. The van der Waals surface area contributed by atoms with Crippen molar-refractivity contribution in [3.8, 4) is 0 Å². The van der Waals surface area contributed by atoms with Gasteiger partial charge in [-0.25, -0.2) is 13.1 Å². The Morgan fingerprint density at radius 3 is 2.63 bits per heavy atom. The summed E-state index contributed by atoms with van der Waals surface area (Å²) in [6.45, 7) is 2.66. The zero-order valence-corrected chi connectivity index (χ0v) is 15.8. The number of nitrogens with zero attached hydrogens (tertiary/aromatic N) is 1. The zero-order valence-electron chi connectivity index (χ0n) is 14.9. The highest BCUT2D eigenvalue weighted by atomic mass is 32.2. The van der Waals surface area contributed by atoms with Crippen molar-refractivity contribution in [2.24, 2.45) is 0 Å². The van der Waals surface area contributed by atoms with Crippen LogP contribution in [0.5, 0.6) is 0 Å². The third-order valence-corrected chi connectivity index (χ3v) is 5.78. The van der Waals surface area contributed by atoms with E-state index in [1.54, 1.807) is 13.0 Å². The summed E-state index contributed by atoms with van der Waals surface area (Å²) in [5.74, 6) is -0.567. The summed E-state index contributed by atoms with van der Waals surface area (Å²) in [5.41, 5.74) is 1.78. The van der Waals surface area contributed by atoms with E-state index in [1.807, 2.05) is 30.3 Å². The van der Waals surface area contributed by atoms with E-state index < -0.39 is 10.0 Å². The van der Waals surface area contributed by atoms with Gasteiger partial charge in [0.2, 0.25) is 15.9 Å². The molecule has 0 saturated carbocycles. The molecule has 2 N–H and O–H groups in total. The molecule has 142 valence electrons. The summed E-state index contributed by atoms with van der Waals surface area (Å²) in [5, 5.41) is 2.66. The Kier molecular flexibility index (Phi) is 5.57. The number of nitrogens with one attached hydrogen (secondary N) is 2. The van der Waals surface area contributed by atoms with Gasteiger partial charge in [-0.05, 0) is 30.2 Å². The van der Waals surface area contributed by atoms with Gasteiger partial charge in [-0.3, -0.25) is 9.59 Å². The molecular formula is C19H21N3O4S. The number of amides is 2. The summed E-state index contributed by atoms with van der Waals surface area (Å²) in [7, 11) is -3.77. The van der Waals surface area contributed by atoms with Crippen LogP contribution in [0.3, 0.4) is 0 Å². The van der Waals surface area contributed by atoms with Crippen molar-refractivity contribution in [1.29, 1.82) is 0 Å². The van der Waals surface area contributed by atoms with Crippen molar-refractivity contribution >= 4 is 21.8 Å². The second-order valence-corrected chi connectivity index (χ2v) is 8.13. The van der Waals surface area contributed by atoms with Gasteiger partial charge >= 0.3 is 0 Å². The lowest BCUT2D eigenvalue weighted by Crippen LogP contribution is -2.50. The highest BCUT2D eigenvalue weighted by Gasteiger charge is 2.25. The highest BCUT2D eigenvalue weighted by Crippen LogP contribution is 2.18. The molecule has 3 rings (SSSR count). The van der Waals surface area contributed by atoms with E-state index in [2.05, 4.69) is 10.0 Å². The fourth-order valence-corrected chi connectivity index (χ4v) is 3.88. The number of benzene rings is 2. The van der Waals surface area contributed by atoms with Crippen molar-refractivity contribution in [1.82, 2.24) is 14.9 Å². The number of hydrogen-bond acceptors (Lipinski definition) is 4. The van der Waals surface area contributed by atoms with Gasteiger partial charge in [0.05, 0.1) is 11.4 Å². The molecule has 8 heteroatoms. The maximum absolute atomic E-state index is 12.8. The standard InChI is InChI=1S/C19H21N3O4S/c1-14-7-8-16(27(25,26)21-12-15-5-3-2-4-6-15)11-17(14)19(24)22-10-9-20-18(23)13-22/h2-8,11,21H,9-10,12-13H2,1H3,(H,20,23). The van der Waals surface area contributed by atoms with Crippen LogP contribution in [-0.2, 0) is 21.4 Å². The molecule has 2 aromatic rings. The summed E-state index contributed by atoms with van der Waals surface area (Å²) in [6.07, 6.45) is 0. The van der Waals surface area contributed by atoms with Crippen LogP contribution in [0.25, 0.3) is 0 Å². The molecule has 0 bridgehead atoms. The molecule has 0 unspecified atom stereocenters. The van der Waals surface area contributed by atoms with Crippen molar-refractivity contribution < 1.29 is 18.0 Å².